The summed E-state index contributed by atoms with van der Waals surface area (Å²) in [6.07, 6.45) is 0. The van der Waals surface area contributed by atoms with Gasteiger partial charge in [0.2, 0.25) is 10.0 Å². The molecule has 0 spiro atoms. The van der Waals surface area contributed by atoms with Crippen LogP contribution in [0.2, 0.25) is 0 Å². The van der Waals surface area contributed by atoms with Gasteiger partial charge in [-0.25, -0.2) is 12.7 Å². The highest BCUT2D eigenvalue weighted by molar-refractivity contribution is 7.89. The summed E-state index contributed by atoms with van der Waals surface area (Å²) in [6.45, 7) is 7.75. The van der Waals surface area contributed by atoms with E-state index in [-0.39, 0.29) is 11.5 Å². The number of nitrogens with zero attached hydrogens (tertiary/aromatic N) is 2. The third-order valence-electron chi connectivity index (χ3n) is 2.48. The fourth-order valence-electron chi connectivity index (χ4n) is 0.970. The summed E-state index contributed by atoms with van der Waals surface area (Å²) < 4.78 is 24.3. The van der Waals surface area contributed by atoms with Crippen LogP contribution in [0.25, 0.3) is 0 Å². The Morgan fingerprint density at radius 2 is 1.86 bits per heavy atom. The second-order valence-electron chi connectivity index (χ2n) is 4.47. The SMILES string of the molecule is CC(N(C)S(=O)(=O)CC#N)C(C)(C)C. The third-order valence-corrected chi connectivity index (χ3v) is 4.17. The van der Waals surface area contributed by atoms with Gasteiger partial charge in [0.05, 0.1) is 6.07 Å². The molecular formula is C9H18N2O2S. The molecule has 5 heteroatoms. The first-order valence-corrected chi connectivity index (χ1v) is 6.06. The van der Waals surface area contributed by atoms with E-state index in [1.165, 1.54) is 11.4 Å². The van der Waals surface area contributed by atoms with Crippen molar-refractivity contribution >= 4 is 10.0 Å². The van der Waals surface area contributed by atoms with Crippen molar-refractivity contribution in [1.29, 1.82) is 5.26 Å². The highest BCUT2D eigenvalue weighted by atomic mass is 32.2. The zero-order valence-electron chi connectivity index (χ0n) is 9.40. The molecule has 0 aromatic rings. The predicted molar refractivity (Wildman–Crippen MR) is 56.1 cm³/mol. The van der Waals surface area contributed by atoms with E-state index in [1.807, 2.05) is 27.7 Å². The maximum Gasteiger partial charge on any atom is 0.227 e. The van der Waals surface area contributed by atoms with Crippen LogP contribution in [0.3, 0.4) is 0 Å². The van der Waals surface area contributed by atoms with E-state index in [9.17, 15) is 8.42 Å². The van der Waals surface area contributed by atoms with Gasteiger partial charge < -0.3 is 0 Å². The van der Waals surface area contributed by atoms with Gasteiger partial charge in [-0.1, -0.05) is 20.8 Å². The van der Waals surface area contributed by atoms with Crippen molar-refractivity contribution < 1.29 is 8.42 Å². The minimum atomic E-state index is -3.42. The summed E-state index contributed by atoms with van der Waals surface area (Å²) in [5.41, 5.74) is -0.128. The normalized spacial score (nSPS) is 15.2. The Bertz CT molecular complexity index is 322. The molecule has 0 aromatic carbocycles. The van der Waals surface area contributed by atoms with Gasteiger partial charge in [0, 0.05) is 13.1 Å². The van der Waals surface area contributed by atoms with Crippen LogP contribution >= 0.6 is 0 Å². The molecule has 0 fully saturated rings. The summed E-state index contributed by atoms with van der Waals surface area (Å²) in [7, 11) is -1.90. The monoisotopic (exact) mass is 218 g/mol. The Balaban J connectivity index is 4.82. The molecule has 0 rings (SSSR count). The van der Waals surface area contributed by atoms with Crippen molar-refractivity contribution in [2.24, 2.45) is 5.41 Å². The molecule has 0 saturated carbocycles. The minimum absolute atomic E-state index is 0.124. The Hall–Kier alpha value is -0.600. The van der Waals surface area contributed by atoms with Gasteiger partial charge in [-0.15, -0.1) is 0 Å². The van der Waals surface area contributed by atoms with Crippen molar-refractivity contribution in [2.45, 2.75) is 33.7 Å². The van der Waals surface area contributed by atoms with Crippen LogP contribution in [0.15, 0.2) is 0 Å². The molecule has 0 N–H and O–H groups in total. The zero-order valence-corrected chi connectivity index (χ0v) is 10.2. The Morgan fingerprint density at radius 3 is 2.14 bits per heavy atom. The van der Waals surface area contributed by atoms with Gasteiger partial charge in [-0.3, -0.25) is 0 Å². The van der Waals surface area contributed by atoms with Crippen LogP contribution in [0.5, 0.6) is 0 Å². The van der Waals surface area contributed by atoms with Gasteiger partial charge in [-0.05, 0) is 12.3 Å². The quantitative estimate of drug-likeness (QED) is 0.715. The first-order valence-electron chi connectivity index (χ1n) is 4.45. The molecule has 0 aromatic heterocycles. The first kappa shape index (κ1) is 13.4. The minimum Gasteiger partial charge on any atom is -0.211 e. The smallest absolute Gasteiger partial charge is 0.211 e. The van der Waals surface area contributed by atoms with Crippen LogP contribution in [0.1, 0.15) is 27.7 Å². The molecule has 82 valence electrons. The summed E-state index contributed by atoms with van der Waals surface area (Å²) in [5, 5.41) is 8.38. The summed E-state index contributed by atoms with van der Waals surface area (Å²) in [6, 6.07) is 1.54. The second-order valence-corrected chi connectivity index (χ2v) is 6.50. The van der Waals surface area contributed by atoms with E-state index in [2.05, 4.69) is 0 Å². The van der Waals surface area contributed by atoms with E-state index >= 15 is 0 Å². The Morgan fingerprint density at radius 1 is 1.43 bits per heavy atom. The van der Waals surface area contributed by atoms with E-state index in [0.29, 0.717) is 0 Å². The lowest BCUT2D eigenvalue weighted by atomic mass is 9.88. The van der Waals surface area contributed by atoms with Crippen LogP contribution < -0.4 is 0 Å². The molecule has 1 unspecified atom stereocenters. The lowest BCUT2D eigenvalue weighted by Crippen LogP contribution is -2.43. The fraction of sp³-hybridized carbons (Fsp3) is 0.889. The van der Waals surface area contributed by atoms with Crippen LogP contribution in [0.4, 0.5) is 0 Å². The van der Waals surface area contributed by atoms with Gasteiger partial charge in [-0.2, -0.15) is 5.26 Å². The zero-order chi connectivity index (χ0) is 11.6. The number of hydrogen-bond donors (Lipinski definition) is 0. The highest BCUT2D eigenvalue weighted by Crippen LogP contribution is 2.24. The van der Waals surface area contributed by atoms with Crippen molar-refractivity contribution in [2.75, 3.05) is 12.8 Å². The molecule has 0 radical (unpaired) electrons. The average Bonchev–Trinajstić information content (AvgIpc) is 2.00. The number of sulfonamides is 1. The molecule has 14 heavy (non-hydrogen) atoms. The standard InChI is InChI=1S/C9H18N2O2S/c1-8(9(2,3)4)11(5)14(12,13)7-6-10/h8H,7H2,1-5H3. The topological polar surface area (TPSA) is 61.2 Å². The summed E-state index contributed by atoms with van der Waals surface area (Å²) >= 11 is 0. The van der Waals surface area contributed by atoms with Crippen molar-refractivity contribution in [3.8, 4) is 6.07 Å². The van der Waals surface area contributed by atoms with Gasteiger partial charge >= 0.3 is 0 Å². The lowest BCUT2D eigenvalue weighted by Gasteiger charge is -2.33. The summed E-state index contributed by atoms with van der Waals surface area (Å²) in [5.74, 6) is -0.454. The Kier molecular flexibility index (Phi) is 4.10. The third kappa shape index (κ3) is 3.28. The average molecular weight is 218 g/mol. The molecule has 0 amide bonds. The number of hydrogen-bond acceptors (Lipinski definition) is 3. The predicted octanol–water partition coefficient (Wildman–Crippen LogP) is 1.21. The van der Waals surface area contributed by atoms with E-state index in [1.54, 1.807) is 6.07 Å². The molecule has 4 nitrogen and oxygen atoms in total. The molecular weight excluding hydrogens is 200 g/mol. The van der Waals surface area contributed by atoms with Crippen LogP contribution in [0, 0.1) is 16.7 Å². The van der Waals surface area contributed by atoms with E-state index in [4.69, 9.17) is 5.26 Å². The molecule has 0 aliphatic carbocycles. The number of rotatable bonds is 3. The van der Waals surface area contributed by atoms with Gasteiger partial charge in [0.25, 0.3) is 0 Å². The van der Waals surface area contributed by atoms with Crippen LogP contribution in [-0.4, -0.2) is 31.6 Å². The maximum absolute atomic E-state index is 11.5. The first-order chi connectivity index (χ1) is 6.13. The largest absolute Gasteiger partial charge is 0.227 e. The second kappa shape index (κ2) is 4.28. The molecule has 0 aliphatic rings. The van der Waals surface area contributed by atoms with Gasteiger partial charge in [0.1, 0.15) is 0 Å². The highest BCUT2D eigenvalue weighted by Gasteiger charge is 2.30. The lowest BCUT2D eigenvalue weighted by molar-refractivity contribution is 0.217. The molecule has 0 heterocycles. The maximum atomic E-state index is 11.5. The van der Waals surface area contributed by atoms with Crippen molar-refractivity contribution in [3.63, 3.8) is 0 Å². The van der Waals surface area contributed by atoms with E-state index < -0.39 is 15.8 Å². The molecule has 0 saturated heterocycles. The summed E-state index contributed by atoms with van der Waals surface area (Å²) in [4.78, 5) is 0. The van der Waals surface area contributed by atoms with Crippen molar-refractivity contribution in [3.05, 3.63) is 0 Å². The molecule has 1 atom stereocenters. The fourth-order valence-corrected chi connectivity index (χ4v) is 2.13. The molecule has 0 aliphatic heterocycles. The molecule has 0 bridgehead atoms. The Labute approximate surface area is 86.6 Å². The number of nitriles is 1. The van der Waals surface area contributed by atoms with Crippen LogP contribution in [-0.2, 0) is 10.0 Å². The van der Waals surface area contributed by atoms with Gasteiger partial charge in [0.15, 0.2) is 5.75 Å². The van der Waals surface area contributed by atoms with E-state index in [0.717, 1.165) is 0 Å². The van der Waals surface area contributed by atoms with Crippen molar-refractivity contribution in [1.82, 2.24) is 4.31 Å².